The molecule has 0 saturated heterocycles. The van der Waals surface area contributed by atoms with E-state index in [1.807, 2.05) is 41.9 Å². The molecule has 2 N–H and O–H groups in total. The maximum absolute atomic E-state index is 11.4. The number of nitrogen functional groups attached to an aromatic ring is 1. The number of imidazole rings is 1. The summed E-state index contributed by atoms with van der Waals surface area (Å²) in [5.41, 5.74) is 9.79. The lowest BCUT2D eigenvalue weighted by atomic mass is 10.1. The third-order valence-electron chi connectivity index (χ3n) is 3.47. The van der Waals surface area contributed by atoms with Crippen LogP contribution in [0.1, 0.15) is 10.4 Å². The number of aryl methyl sites for hydroxylation is 1. The van der Waals surface area contributed by atoms with E-state index in [2.05, 4.69) is 4.98 Å². The number of benzene rings is 2. The van der Waals surface area contributed by atoms with E-state index in [4.69, 9.17) is 10.5 Å². The molecule has 0 unspecified atom stereocenters. The van der Waals surface area contributed by atoms with E-state index in [0.717, 1.165) is 22.4 Å². The van der Waals surface area contributed by atoms with E-state index < -0.39 is 0 Å². The lowest BCUT2D eigenvalue weighted by molar-refractivity contribution is 0.0601. The van der Waals surface area contributed by atoms with Gasteiger partial charge in [0, 0.05) is 18.3 Å². The Morgan fingerprint density at radius 3 is 2.57 bits per heavy atom. The summed E-state index contributed by atoms with van der Waals surface area (Å²) >= 11 is 0. The van der Waals surface area contributed by atoms with Crippen molar-refractivity contribution >= 4 is 22.7 Å². The fourth-order valence-electron chi connectivity index (χ4n) is 2.35. The minimum atomic E-state index is -0.348. The fourth-order valence-corrected chi connectivity index (χ4v) is 2.35. The number of fused-ring (bicyclic) bond motifs is 1. The van der Waals surface area contributed by atoms with Crippen LogP contribution in [0.4, 0.5) is 5.69 Å². The van der Waals surface area contributed by atoms with E-state index in [0.29, 0.717) is 11.3 Å². The highest BCUT2D eigenvalue weighted by Crippen LogP contribution is 2.25. The Bertz CT molecular complexity index is 819. The maximum Gasteiger partial charge on any atom is 0.337 e. The number of hydrogen-bond donors (Lipinski definition) is 1. The first-order valence-electron chi connectivity index (χ1n) is 6.51. The van der Waals surface area contributed by atoms with Gasteiger partial charge in [-0.05, 0) is 30.3 Å². The topological polar surface area (TPSA) is 70.1 Å². The van der Waals surface area contributed by atoms with Crippen LogP contribution in [0, 0.1) is 0 Å². The maximum atomic E-state index is 11.4. The molecule has 0 fully saturated rings. The molecule has 1 heterocycles. The molecule has 106 valence electrons. The number of aromatic nitrogens is 2. The van der Waals surface area contributed by atoms with Gasteiger partial charge in [0.2, 0.25) is 0 Å². The molecule has 21 heavy (non-hydrogen) atoms. The molecule has 0 atom stereocenters. The van der Waals surface area contributed by atoms with Crippen LogP contribution < -0.4 is 5.73 Å². The Morgan fingerprint density at radius 1 is 1.19 bits per heavy atom. The average molecular weight is 281 g/mol. The van der Waals surface area contributed by atoms with Gasteiger partial charge < -0.3 is 15.0 Å². The van der Waals surface area contributed by atoms with Gasteiger partial charge in [-0.2, -0.15) is 0 Å². The van der Waals surface area contributed by atoms with Crippen molar-refractivity contribution in [1.82, 2.24) is 9.55 Å². The van der Waals surface area contributed by atoms with Gasteiger partial charge in [-0.1, -0.05) is 12.1 Å². The van der Waals surface area contributed by atoms with Gasteiger partial charge in [0.05, 0.1) is 23.7 Å². The second-order valence-electron chi connectivity index (χ2n) is 4.81. The minimum Gasteiger partial charge on any atom is -0.465 e. The van der Waals surface area contributed by atoms with Gasteiger partial charge in [-0.3, -0.25) is 0 Å². The predicted octanol–water partition coefficient (Wildman–Crippen LogP) is 2.61. The number of methoxy groups -OCH3 is 1. The molecule has 0 spiro atoms. The number of ether oxygens (including phenoxy) is 1. The molecule has 3 rings (SSSR count). The molecule has 5 heteroatoms. The summed E-state index contributed by atoms with van der Waals surface area (Å²) in [4.78, 5) is 16.1. The SMILES string of the molecule is COC(=O)c1ccc(-c2nc3cc(N)ccc3n2C)cc1. The fraction of sp³-hybridized carbons (Fsp3) is 0.125. The van der Waals surface area contributed by atoms with Crippen LogP contribution in [-0.2, 0) is 11.8 Å². The molecule has 5 nitrogen and oxygen atoms in total. The highest BCUT2D eigenvalue weighted by atomic mass is 16.5. The molecule has 1 aromatic heterocycles. The van der Waals surface area contributed by atoms with Crippen LogP contribution >= 0.6 is 0 Å². The largest absolute Gasteiger partial charge is 0.465 e. The first-order valence-corrected chi connectivity index (χ1v) is 6.51. The third-order valence-corrected chi connectivity index (χ3v) is 3.47. The summed E-state index contributed by atoms with van der Waals surface area (Å²) in [6, 6.07) is 12.8. The van der Waals surface area contributed by atoms with Gasteiger partial charge in [-0.25, -0.2) is 9.78 Å². The lowest BCUT2D eigenvalue weighted by Gasteiger charge is -2.04. The zero-order valence-corrected chi connectivity index (χ0v) is 11.8. The highest BCUT2D eigenvalue weighted by Gasteiger charge is 2.11. The van der Waals surface area contributed by atoms with Gasteiger partial charge in [-0.15, -0.1) is 0 Å². The Balaban J connectivity index is 2.08. The van der Waals surface area contributed by atoms with Crippen molar-refractivity contribution in [3.63, 3.8) is 0 Å². The zero-order chi connectivity index (χ0) is 15.0. The standard InChI is InChI=1S/C16H15N3O2/c1-19-14-8-7-12(17)9-13(14)18-15(19)10-3-5-11(6-4-10)16(20)21-2/h3-9H,17H2,1-2H3. The second kappa shape index (κ2) is 4.94. The molecule has 0 bridgehead atoms. The quantitative estimate of drug-likeness (QED) is 0.579. The van der Waals surface area contributed by atoms with Crippen LogP contribution in [0.15, 0.2) is 42.5 Å². The molecule has 0 amide bonds. The van der Waals surface area contributed by atoms with Crippen molar-refractivity contribution in [1.29, 1.82) is 0 Å². The molecule has 3 aromatic rings. The van der Waals surface area contributed by atoms with Crippen LogP contribution in [0.25, 0.3) is 22.4 Å². The summed E-state index contributed by atoms with van der Waals surface area (Å²) in [5, 5.41) is 0. The summed E-state index contributed by atoms with van der Waals surface area (Å²) in [6.07, 6.45) is 0. The zero-order valence-electron chi connectivity index (χ0n) is 11.8. The normalized spacial score (nSPS) is 10.8. The van der Waals surface area contributed by atoms with Crippen molar-refractivity contribution in [3.8, 4) is 11.4 Å². The Labute approximate surface area is 122 Å². The molecule has 0 aliphatic rings. The summed E-state index contributed by atoms with van der Waals surface area (Å²) < 4.78 is 6.70. The molecular weight excluding hydrogens is 266 g/mol. The highest BCUT2D eigenvalue weighted by molar-refractivity contribution is 5.90. The van der Waals surface area contributed by atoms with Crippen molar-refractivity contribution < 1.29 is 9.53 Å². The number of anilines is 1. The molecular formula is C16H15N3O2. The number of nitrogens with zero attached hydrogens (tertiary/aromatic N) is 2. The summed E-state index contributed by atoms with van der Waals surface area (Å²) in [7, 11) is 3.32. The molecule has 2 aromatic carbocycles. The Kier molecular flexibility index (Phi) is 3.10. The number of rotatable bonds is 2. The monoisotopic (exact) mass is 281 g/mol. The Morgan fingerprint density at radius 2 is 1.90 bits per heavy atom. The first kappa shape index (κ1) is 13.2. The van der Waals surface area contributed by atoms with Crippen molar-refractivity contribution in [3.05, 3.63) is 48.0 Å². The number of nitrogens with two attached hydrogens (primary N) is 1. The lowest BCUT2D eigenvalue weighted by Crippen LogP contribution is -2.00. The number of hydrogen-bond acceptors (Lipinski definition) is 4. The van der Waals surface area contributed by atoms with E-state index in [-0.39, 0.29) is 5.97 Å². The minimum absolute atomic E-state index is 0.348. The van der Waals surface area contributed by atoms with E-state index in [1.54, 1.807) is 12.1 Å². The van der Waals surface area contributed by atoms with Crippen molar-refractivity contribution in [2.75, 3.05) is 12.8 Å². The van der Waals surface area contributed by atoms with Gasteiger partial charge in [0.1, 0.15) is 5.82 Å². The smallest absolute Gasteiger partial charge is 0.337 e. The number of carbonyl (C=O) groups is 1. The average Bonchev–Trinajstić information content (AvgIpc) is 2.83. The van der Waals surface area contributed by atoms with Crippen LogP contribution in [0.3, 0.4) is 0 Å². The third kappa shape index (κ3) is 2.23. The van der Waals surface area contributed by atoms with E-state index in [1.165, 1.54) is 7.11 Å². The van der Waals surface area contributed by atoms with Gasteiger partial charge in [0.25, 0.3) is 0 Å². The predicted molar refractivity (Wildman–Crippen MR) is 81.9 cm³/mol. The molecule has 0 radical (unpaired) electrons. The van der Waals surface area contributed by atoms with Gasteiger partial charge in [0.15, 0.2) is 0 Å². The van der Waals surface area contributed by atoms with E-state index in [9.17, 15) is 4.79 Å². The van der Waals surface area contributed by atoms with E-state index >= 15 is 0 Å². The van der Waals surface area contributed by atoms with Gasteiger partial charge >= 0.3 is 5.97 Å². The molecule has 0 aliphatic carbocycles. The number of carbonyl (C=O) groups excluding carboxylic acids is 1. The second-order valence-corrected chi connectivity index (χ2v) is 4.81. The number of esters is 1. The molecule has 0 aliphatic heterocycles. The van der Waals surface area contributed by atoms with Crippen LogP contribution in [-0.4, -0.2) is 22.6 Å². The molecule has 0 saturated carbocycles. The van der Waals surface area contributed by atoms with Crippen LogP contribution in [0.2, 0.25) is 0 Å². The first-order chi connectivity index (χ1) is 10.1. The van der Waals surface area contributed by atoms with Crippen molar-refractivity contribution in [2.24, 2.45) is 7.05 Å². The summed E-state index contributed by atoms with van der Waals surface area (Å²) in [5.74, 6) is 0.478. The Hall–Kier alpha value is -2.82. The van der Waals surface area contributed by atoms with Crippen LogP contribution in [0.5, 0.6) is 0 Å². The van der Waals surface area contributed by atoms with Crippen molar-refractivity contribution in [2.45, 2.75) is 0 Å². The summed E-state index contributed by atoms with van der Waals surface area (Å²) in [6.45, 7) is 0.